The number of carbonyl (C=O) groups excluding carboxylic acids is 1. The molecule has 2 aromatic carbocycles. The van der Waals surface area contributed by atoms with Crippen LogP contribution in [-0.2, 0) is 4.79 Å². The van der Waals surface area contributed by atoms with E-state index in [0.29, 0.717) is 0 Å². The zero-order valence-corrected chi connectivity index (χ0v) is 14.5. The summed E-state index contributed by atoms with van der Waals surface area (Å²) in [5.74, 6) is 0.880. The van der Waals surface area contributed by atoms with Gasteiger partial charge in [0.1, 0.15) is 5.75 Å². The molecular formula is C19H18BrNO2. The number of amides is 1. The molecular weight excluding hydrogens is 354 g/mol. The maximum absolute atomic E-state index is 13.1. The molecule has 0 N–H and O–H groups in total. The van der Waals surface area contributed by atoms with Crippen LogP contribution in [0.2, 0.25) is 0 Å². The smallest absolute Gasteiger partial charge is 0.235 e. The molecule has 118 valence electrons. The first kappa shape index (κ1) is 14.8. The maximum Gasteiger partial charge on any atom is 0.235 e. The minimum atomic E-state index is -0.210. The molecule has 0 aliphatic carbocycles. The first-order chi connectivity index (χ1) is 11.2. The molecule has 1 fully saturated rings. The van der Waals surface area contributed by atoms with Crippen molar-refractivity contribution in [3.8, 4) is 5.75 Å². The lowest BCUT2D eigenvalue weighted by Gasteiger charge is -2.37. The minimum Gasteiger partial charge on any atom is -0.497 e. The summed E-state index contributed by atoms with van der Waals surface area (Å²) in [5, 5.41) is 0. The van der Waals surface area contributed by atoms with E-state index in [0.717, 1.165) is 40.7 Å². The molecule has 2 aliphatic heterocycles. The van der Waals surface area contributed by atoms with Crippen LogP contribution in [0.25, 0.3) is 0 Å². The van der Waals surface area contributed by atoms with Crippen LogP contribution in [0.15, 0.2) is 46.9 Å². The van der Waals surface area contributed by atoms with Crippen molar-refractivity contribution in [3.63, 3.8) is 0 Å². The highest BCUT2D eigenvalue weighted by molar-refractivity contribution is 9.10. The summed E-state index contributed by atoms with van der Waals surface area (Å²) in [6, 6.07) is 14.4. The Morgan fingerprint density at radius 1 is 1.13 bits per heavy atom. The van der Waals surface area contributed by atoms with E-state index in [4.69, 9.17) is 4.74 Å². The number of rotatable bonds is 2. The van der Waals surface area contributed by atoms with Crippen molar-refractivity contribution in [2.75, 3.05) is 13.7 Å². The number of hydrogen-bond acceptors (Lipinski definition) is 2. The van der Waals surface area contributed by atoms with E-state index in [1.807, 2.05) is 30.3 Å². The van der Waals surface area contributed by atoms with Crippen LogP contribution in [0.1, 0.15) is 41.5 Å². The summed E-state index contributed by atoms with van der Waals surface area (Å²) in [6.07, 6.45) is 2.11. The Bertz CT molecular complexity index is 756. The van der Waals surface area contributed by atoms with Gasteiger partial charge in [0.25, 0.3) is 0 Å². The number of ether oxygens (including phenoxy) is 1. The molecule has 0 radical (unpaired) electrons. The van der Waals surface area contributed by atoms with E-state index in [1.54, 1.807) is 7.11 Å². The zero-order chi connectivity index (χ0) is 16.0. The Morgan fingerprint density at radius 2 is 1.91 bits per heavy atom. The number of methoxy groups -OCH3 is 1. The standard InChI is InChI=1S/C19H18BrNO2/c1-23-14-8-9-15-16(11-14)17-3-2-10-21(17)19(22)18(15)12-4-6-13(20)7-5-12/h4-9,11,17-18H,2-3,10H2,1H3/t17-,18-/m1/s1. The van der Waals surface area contributed by atoms with Crippen LogP contribution < -0.4 is 4.74 Å². The summed E-state index contributed by atoms with van der Waals surface area (Å²) < 4.78 is 6.43. The second-order valence-electron chi connectivity index (χ2n) is 6.17. The molecule has 0 spiro atoms. The van der Waals surface area contributed by atoms with Crippen LogP contribution in [0.4, 0.5) is 0 Å². The predicted octanol–water partition coefficient (Wildman–Crippen LogP) is 4.27. The van der Waals surface area contributed by atoms with Crippen LogP contribution in [0, 0.1) is 0 Å². The maximum atomic E-state index is 13.1. The zero-order valence-electron chi connectivity index (χ0n) is 13.0. The first-order valence-electron chi connectivity index (χ1n) is 7.93. The van der Waals surface area contributed by atoms with Gasteiger partial charge >= 0.3 is 0 Å². The van der Waals surface area contributed by atoms with Crippen molar-refractivity contribution in [1.29, 1.82) is 0 Å². The van der Waals surface area contributed by atoms with Crippen LogP contribution in [0.3, 0.4) is 0 Å². The summed E-state index contributed by atoms with van der Waals surface area (Å²) >= 11 is 3.47. The lowest BCUT2D eigenvalue weighted by Crippen LogP contribution is -2.40. The number of benzene rings is 2. The van der Waals surface area contributed by atoms with Gasteiger partial charge in [0, 0.05) is 11.0 Å². The molecule has 2 atom stereocenters. The van der Waals surface area contributed by atoms with E-state index in [1.165, 1.54) is 5.56 Å². The minimum absolute atomic E-state index is 0.208. The van der Waals surface area contributed by atoms with Gasteiger partial charge in [-0.3, -0.25) is 4.79 Å². The van der Waals surface area contributed by atoms with Crippen LogP contribution in [-0.4, -0.2) is 24.5 Å². The van der Waals surface area contributed by atoms with Gasteiger partial charge in [-0.2, -0.15) is 0 Å². The molecule has 2 aromatic rings. The number of fused-ring (bicyclic) bond motifs is 3. The second-order valence-corrected chi connectivity index (χ2v) is 7.08. The van der Waals surface area contributed by atoms with Crippen LogP contribution in [0.5, 0.6) is 5.75 Å². The predicted molar refractivity (Wildman–Crippen MR) is 92.7 cm³/mol. The third-order valence-electron chi connectivity index (χ3n) is 4.95. The fraction of sp³-hybridized carbons (Fsp3) is 0.316. The Hall–Kier alpha value is -1.81. The molecule has 2 heterocycles. The topological polar surface area (TPSA) is 29.5 Å². The first-order valence-corrected chi connectivity index (χ1v) is 8.72. The van der Waals surface area contributed by atoms with Gasteiger partial charge in [0.2, 0.25) is 5.91 Å². The lowest BCUT2D eigenvalue weighted by molar-refractivity contribution is -0.133. The number of nitrogens with zero attached hydrogens (tertiary/aromatic N) is 1. The molecule has 0 unspecified atom stereocenters. The van der Waals surface area contributed by atoms with Gasteiger partial charge in [-0.25, -0.2) is 0 Å². The average molecular weight is 372 g/mol. The fourth-order valence-electron chi connectivity index (χ4n) is 3.86. The van der Waals surface area contributed by atoms with Gasteiger partial charge in [-0.05, 0) is 53.8 Å². The molecule has 2 aliphatic rings. The Labute approximate surface area is 144 Å². The van der Waals surface area contributed by atoms with Gasteiger partial charge < -0.3 is 9.64 Å². The average Bonchev–Trinajstić information content (AvgIpc) is 3.07. The van der Waals surface area contributed by atoms with E-state index < -0.39 is 0 Å². The highest BCUT2D eigenvalue weighted by Gasteiger charge is 2.42. The summed E-state index contributed by atoms with van der Waals surface area (Å²) in [4.78, 5) is 15.1. The molecule has 4 heteroatoms. The van der Waals surface area contributed by atoms with Crippen molar-refractivity contribution in [2.45, 2.75) is 24.8 Å². The second kappa shape index (κ2) is 5.68. The molecule has 23 heavy (non-hydrogen) atoms. The van der Waals surface area contributed by atoms with Crippen LogP contribution >= 0.6 is 15.9 Å². The van der Waals surface area contributed by atoms with Gasteiger partial charge in [0.15, 0.2) is 0 Å². The number of halogens is 1. The normalized spacial score (nSPS) is 22.7. The Kier molecular flexibility index (Phi) is 3.64. The third kappa shape index (κ3) is 2.36. The van der Waals surface area contributed by atoms with E-state index in [2.05, 4.69) is 33.0 Å². The summed E-state index contributed by atoms with van der Waals surface area (Å²) in [7, 11) is 1.69. The van der Waals surface area contributed by atoms with E-state index in [9.17, 15) is 4.79 Å². The molecule has 4 rings (SSSR count). The summed E-state index contributed by atoms with van der Waals surface area (Å²) in [5.41, 5.74) is 3.42. The van der Waals surface area contributed by atoms with E-state index in [-0.39, 0.29) is 17.9 Å². The quantitative estimate of drug-likeness (QED) is 0.788. The van der Waals surface area contributed by atoms with Crippen molar-refractivity contribution < 1.29 is 9.53 Å². The SMILES string of the molecule is COc1ccc2c(c1)[C@H]1CCCN1C(=O)[C@@H]2c1ccc(Br)cc1. The highest BCUT2D eigenvalue weighted by Crippen LogP contribution is 2.46. The third-order valence-corrected chi connectivity index (χ3v) is 5.48. The lowest BCUT2D eigenvalue weighted by atomic mass is 9.81. The number of carbonyl (C=O) groups is 1. The monoisotopic (exact) mass is 371 g/mol. The molecule has 0 saturated carbocycles. The van der Waals surface area contributed by atoms with Gasteiger partial charge in [0.05, 0.1) is 19.1 Å². The van der Waals surface area contributed by atoms with Crippen molar-refractivity contribution in [2.24, 2.45) is 0 Å². The summed E-state index contributed by atoms with van der Waals surface area (Å²) in [6.45, 7) is 0.854. The van der Waals surface area contributed by atoms with E-state index >= 15 is 0 Å². The fourth-order valence-corrected chi connectivity index (χ4v) is 4.13. The Balaban J connectivity index is 1.88. The Morgan fingerprint density at radius 3 is 2.65 bits per heavy atom. The molecule has 0 bridgehead atoms. The van der Waals surface area contributed by atoms with Gasteiger partial charge in [-0.15, -0.1) is 0 Å². The highest BCUT2D eigenvalue weighted by atomic mass is 79.9. The van der Waals surface area contributed by atoms with Gasteiger partial charge in [-0.1, -0.05) is 34.1 Å². The molecule has 3 nitrogen and oxygen atoms in total. The number of hydrogen-bond donors (Lipinski definition) is 0. The van der Waals surface area contributed by atoms with Crippen molar-refractivity contribution >= 4 is 21.8 Å². The largest absolute Gasteiger partial charge is 0.497 e. The molecule has 0 aromatic heterocycles. The molecule has 1 saturated heterocycles. The van der Waals surface area contributed by atoms with Crippen molar-refractivity contribution in [1.82, 2.24) is 4.90 Å². The molecule has 1 amide bonds. The van der Waals surface area contributed by atoms with Crippen molar-refractivity contribution in [3.05, 3.63) is 63.6 Å².